The summed E-state index contributed by atoms with van der Waals surface area (Å²) in [6.07, 6.45) is 4.65. The second kappa shape index (κ2) is 9.03. The highest BCUT2D eigenvalue weighted by atomic mass is 16.2. The van der Waals surface area contributed by atoms with E-state index in [1.807, 2.05) is 25.1 Å². The molecule has 2 atom stereocenters. The lowest BCUT2D eigenvalue weighted by Gasteiger charge is -2.32. The quantitative estimate of drug-likeness (QED) is 0.811. The molecule has 4 heteroatoms. The predicted octanol–water partition coefficient (Wildman–Crippen LogP) is 3.38. The topological polar surface area (TPSA) is 69.5 Å². The van der Waals surface area contributed by atoms with Crippen LogP contribution in [0, 0.1) is 18.3 Å². The van der Waals surface area contributed by atoms with Crippen LogP contribution in [0.2, 0.25) is 0 Å². The molecule has 3 rings (SSSR count). The Morgan fingerprint density at radius 3 is 2.25 bits per heavy atom. The lowest BCUT2D eigenvalue weighted by molar-refractivity contribution is -0.704. The Labute approximate surface area is 168 Å². The smallest absolute Gasteiger partial charge is 0.279 e. The van der Waals surface area contributed by atoms with Crippen LogP contribution in [0.4, 0.5) is 0 Å². The van der Waals surface area contributed by atoms with Gasteiger partial charge in [0, 0.05) is 11.1 Å². The van der Waals surface area contributed by atoms with Crippen molar-refractivity contribution in [1.82, 2.24) is 5.32 Å². The molecule has 3 N–H and O–H groups in total. The van der Waals surface area contributed by atoms with Crippen LogP contribution in [-0.2, 0) is 4.79 Å². The molecule has 0 unspecified atom stereocenters. The maximum absolute atomic E-state index is 12.9. The first kappa shape index (κ1) is 20.1. The third-order valence-corrected chi connectivity index (χ3v) is 5.77. The van der Waals surface area contributed by atoms with Crippen LogP contribution in [0.1, 0.15) is 61.8 Å². The van der Waals surface area contributed by atoms with Crippen LogP contribution in [0.25, 0.3) is 0 Å². The molecular weight excluding hydrogens is 346 g/mol. The predicted molar refractivity (Wildman–Crippen MR) is 110 cm³/mol. The number of nitrogens with one attached hydrogen (secondary N) is 1. The number of amides is 1. The Hall–Kier alpha value is -2.64. The number of nitrogens with zero attached hydrogens (tertiary/aromatic N) is 1. The second-order valence-electron chi connectivity index (χ2n) is 8.02. The molecule has 28 heavy (non-hydrogen) atoms. The fraction of sp³-hybridized carbons (Fsp3) is 0.417. The van der Waals surface area contributed by atoms with Crippen molar-refractivity contribution in [3.8, 4) is 6.07 Å². The van der Waals surface area contributed by atoms with Crippen LogP contribution < -0.4 is 10.6 Å². The Bertz CT molecular complexity index is 817. The molecule has 0 aromatic heterocycles. The fourth-order valence-corrected chi connectivity index (χ4v) is 3.99. The van der Waals surface area contributed by atoms with E-state index in [2.05, 4.69) is 60.0 Å². The van der Waals surface area contributed by atoms with E-state index in [-0.39, 0.29) is 18.0 Å². The monoisotopic (exact) mass is 376 g/mol. The maximum atomic E-state index is 12.9. The highest BCUT2D eigenvalue weighted by Crippen LogP contribution is 2.27. The van der Waals surface area contributed by atoms with Gasteiger partial charge in [-0.15, -0.1) is 0 Å². The Kier molecular flexibility index (Phi) is 6.49. The summed E-state index contributed by atoms with van der Waals surface area (Å²) in [4.78, 5) is 12.9. The molecule has 146 valence electrons. The lowest BCUT2D eigenvalue weighted by atomic mass is 9.82. The fourth-order valence-electron chi connectivity index (χ4n) is 3.99. The van der Waals surface area contributed by atoms with Gasteiger partial charge in [-0.2, -0.15) is 5.26 Å². The maximum Gasteiger partial charge on any atom is 0.279 e. The molecular formula is C24H30N3O+. The average Bonchev–Trinajstić information content (AvgIpc) is 2.74. The van der Waals surface area contributed by atoms with Crippen molar-refractivity contribution in [3.63, 3.8) is 0 Å². The van der Waals surface area contributed by atoms with Crippen LogP contribution >= 0.6 is 0 Å². The zero-order valence-corrected chi connectivity index (χ0v) is 16.8. The Balaban J connectivity index is 1.77. The molecule has 1 saturated carbocycles. The normalized spacial score (nSPS) is 17.9. The first-order chi connectivity index (χ1) is 13.5. The Morgan fingerprint density at radius 2 is 1.64 bits per heavy atom. The Morgan fingerprint density at radius 1 is 1.04 bits per heavy atom. The summed E-state index contributed by atoms with van der Waals surface area (Å²) in [7, 11) is 0. The van der Waals surface area contributed by atoms with E-state index in [1.165, 1.54) is 16.7 Å². The number of quaternary nitrogens is 1. The number of carbonyl (C=O) groups is 1. The first-order valence-corrected chi connectivity index (χ1v) is 10.2. The van der Waals surface area contributed by atoms with Gasteiger partial charge < -0.3 is 10.6 Å². The van der Waals surface area contributed by atoms with Gasteiger partial charge in [0.05, 0.1) is 6.07 Å². The molecule has 0 bridgehead atoms. The van der Waals surface area contributed by atoms with E-state index in [4.69, 9.17) is 0 Å². The van der Waals surface area contributed by atoms with Crippen molar-refractivity contribution in [1.29, 1.82) is 5.26 Å². The summed E-state index contributed by atoms with van der Waals surface area (Å²) in [6.45, 7) is 4.00. The number of carbonyl (C=O) groups excluding carboxylic acids is 1. The van der Waals surface area contributed by atoms with Gasteiger partial charge in [-0.25, -0.2) is 0 Å². The number of benzene rings is 2. The minimum absolute atomic E-state index is 0.0342. The molecule has 0 spiro atoms. The molecule has 2 aromatic carbocycles. The van der Waals surface area contributed by atoms with Gasteiger partial charge in [0.15, 0.2) is 6.04 Å². The zero-order chi connectivity index (χ0) is 20.0. The van der Waals surface area contributed by atoms with Crippen molar-refractivity contribution >= 4 is 5.91 Å². The number of rotatable bonds is 6. The van der Waals surface area contributed by atoms with E-state index < -0.39 is 5.54 Å². The SMILES string of the molecule is Cc1ccc([C@@H]([NH2+][C@H](C)C(=O)NC2(C#N)CCCCC2)c2ccccc2)cc1. The van der Waals surface area contributed by atoms with Crippen LogP contribution in [-0.4, -0.2) is 17.5 Å². The van der Waals surface area contributed by atoms with Gasteiger partial charge in [-0.05, 0) is 26.7 Å². The van der Waals surface area contributed by atoms with Gasteiger partial charge >= 0.3 is 0 Å². The number of hydrogen-bond donors (Lipinski definition) is 2. The van der Waals surface area contributed by atoms with E-state index in [0.29, 0.717) is 0 Å². The standard InChI is InChI=1S/C24H29N3O/c1-18-11-13-21(14-12-18)22(20-9-5-3-6-10-20)26-19(2)23(28)27-24(17-25)15-7-4-8-16-24/h3,5-6,9-14,19,22,26H,4,7-8,15-16H2,1-2H3,(H,27,28)/p+1/t19-,22+/m1/s1. The minimum Gasteiger partial charge on any atom is -0.333 e. The van der Waals surface area contributed by atoms with Crippen molar-refractivity contribution < 1.29 is 10.1 Å². The number of nitriles is 1. The van der Waals surface area contributed by atoms with Crippen LogP contribution in [0.5, 0.6) is 0 Å². The molecule has 4 nitrogen and oxygen atoms in total. The number of hydrogen-bond acceptors (Lipinski definition) is 2. The third-order valence-electron chi connectivity index (χ3n) is 5.77. The highest BCUT2D eigenvalue weighted by molar-refractivity contribution is 5.81. The molecule has 1 aliphatic carbocycles. The van der Waals surface area contributed by atoms with Gasteiger partial charge in [0.25, 0.3) is 5.91 Å². The van der Waals surface area contributed by atoms with Crippen LogP contribution in [0.15, 0.2) is 54.6 Å². The molecule has 0 aliphatic heterocycles. The van der Waals surface area contributed by atoms with Crippen molar-refractivity contribution in [3.05, 3.63) is 71.3 Å². The first-order valence-electron chi connectivity index (χ1n) is 10.2. The number of aryl methyl sites for hydroxylation is 1. The summed E-state index contributed by atoms with van der Waals surface area (Å²) in [5.74, 6) is -0.0588. The molecule has 2 aromatic rings. The summed E-state index contributed by atoms with van der Waals surface area (Å²) in [5.41, 5.74) is 2.86. The summed E-state index contributed by atoms with van der Waals surface area (Å²) >= 11 is 0. The highest BCUT2D eigenvalue weighted by Gasteiger charge is 2.36. The van der Waals surface area contributed by atoms with Gasteiger partial charge in [0.1, 0.15) is 11.6 Å². The average molecular weight is 377 g/mol. The summed E-state index contributed by atoms with van der Waals surface area (Å²) in [6, 6.07) is 20.9. The zero-order valence-electron chi connectivity index (χ0n) is 16.8. The summed E-state index contributed by atoms with van der Waals surface area (Å²) in [5, 5.41) is 14.8. The number of nitrogens with two attached hydrogens (primary N) is 1. The van der Waals surface area contributed by atoms with E-state index in [1.54, 1.807) is 0 Å². The second-order valence-corrected chi connectivity index (χ2v) is 8.02. The van der Waals surface area contributed by atoms with Crippen molar-refractivity contribution in [2.45, 2.75) is 63.6 Å². The largest absolute Gasteiger partial charge is 0.333 e. The van der Waals surface area contributed by atoms with E-state index in [0.717, 1.165) is 32.1 Å². The van der Waals surface area contributed by atoms with Crippen molar-refractivity contribution in [2.75, 3.05) is 0 Å². The van der Waals surface area contributed by atoms with Gasteiger partial charge in [-0.3, -0.25) is 4.79 Å². The lowest BCUT2D eigenvalue weighted by Crippen LogP contribution is -2.93. The molecule has 0 saturated heterocycles. The molecule has 0 heterocycles. The van der Waals surface area contributed by atoms with Gasteiger partial charge in [-0.1, -0.05) is 79.4 Å². The molecule has 1 aliphatic rings. The third kappa shape index (κ3) is 4.79. The van der Waals surface area contributed by atoms with Crippen molar-refractivity contribution in [2.24, 2.45) is 0 Å². The minimum atomic E-state index is -0.691. The molecule has 1 fully saturated rings. The van der Waals surface area contributed by atoms with Crippen LogP contribution in [0.3, 0.4) is 0 Å². The van der Waals surface area contributed by atoms with E-state index >= 15 is 0 Å². The van der Waals surface area contributed by atoms with Gasteiger partial charge in [0.2, 0.25) is 0 Å². The van der Waals surface area contributed by atoms with E-state index in [9.17, 15) is 10.1 Å². The molecule has 1 amide bonds. The summed E-state index contributed by atoms with van der Waals surface area (Å²) < 4.78 is 0. The molecule has 0 radical (unpaired) electrons.